The van der Waals surface area contributed by atoms with Gasteiger partial charge in [-0.15, -0.1) is 6.58 Å². The number of para-hydroxylation sites is 1. The number of rotatable bonds is 4. The fourth-order valence-electron chi connectivity index (χ4n) is 1.07. The van der Waals surface area contributed by atoms with Gasteiger partial charge < -0.3 is 5.32 Å². The largest absolute Gasteiger partial charge is 0.381 e. The van der Waals surface area contributed by atoms with Gasteiger partial charge in [0.05, 0.1) is 5.69 Å². The second kappa shape index (κ2) is 5.15. The van der Waals surface area contributed by atoms with Gasteiger partial charge in [-0.2, -0.15) is 0 Å². The minimum absolute atomic E-state index is 0.235. The van der Waals surface area contributed by atoms with Crippen LogP contribution in [0.3, 0.4) is 0 Å². The predicted molar refractivity (Wildman–Crippen MR) is 62.0 cm³/mol. The second-order valence-corrected chi connectivity index (χ2v) is 4.08. The van der Waals surface area contributed by atoms with Crippen LogP contribution in [0.4, 0.5) is 10.1 Å². The lowest BCUT2D eigenvalue weighted by Crippen LogP contribution is -2.04. The van der Waals surface area contributed by atoms with E-state index >= 15 is 0 Å². The highest BCUT2D eigenvalue weighted by Gasteiger charge is 2.04. The van der Waals surface area contributed by atoms with Crippen molar-refractivity contribution in [3.63, 3.8) is 0 Å². The molecule has 0 spiro atoms. The first-order valence-corrected chi connectivity index (χ1v) is 5.23. The van der Waals surface area contributed by atoms with Crippen LogP contribution >= 0.6 is 15.9 Å². The monoisotopic (exact) mass is 257 g/mol. The number of anilines is 1. The van der Waals surface area contributed by atoms with E-state index in [9.17, 15) is 4.39 Å². The summed E-state index contributed by atoms with van der Waals surface area (Å²) in [5.74, 6) is -0.235. The zero-order chi connectivity index (χ0) is 10.6. The maximum Gasteiger partial charge on any atom is 0.147 e. The highest BCUT2D eigenvalue weighted by atomic mass is 79.9. The molecule has 0 saturated heterocycles. The van der Waals surface area contributed by atoms with Gasteiger partial charge in [0.1, 0.15) is 5.82 Å². The molecule has 0 atom stereocenters. The fourth-order valence-corrected chi connectivity index (χ4v) is 1.55. The number of halogens is 2. The van der Waals surface area contributed by atoms with E-state index in [0.717, 1.165) is 16.5 Å². The molecule has 1 N–H and O–H groups in total. The Hall–Kier alpha value is -0.830. The Morgan fingerprint density at radius 1 is 1.57 bits per heavy atom. The van der Waals surface area contributed by atoms with Crippen molar-refractivity contribution in [2.75, 3.05) is 11.9 Å². The Kier molecular flexibility index (Phi) is 4.14. The summed E-state index contributed by atoms with van der Waals surface area (Å²) in [6.45, 7) is 6.45. The van der Waals surface area contributed by atoms with Crippen molar-refractivity contribution in [2.24, 2.45) is 0 Å². The van der Waals surface area contributed by atoms with Crippen molar-refractivity contribution in [3.8, 4) is 0 Å². The molecule has 0 unspecified atom stereocenters. The summed E-state index contributed by atoms with van der Waals surface area (Å²) in [5.41, 5.74) is 1.61. The molecule has 0 amide bonds. The quantitative estimate of drug-likeness (QED) is 0.806. The number of hydrogen-bond acceptors (Lipinski definition) is 1. The highest BCUT2D eigenvalue weighted by molar-refractivity contribution is 9.10. The molecule has 1 nitrogen and oxygen atoms in total. The molecule has 0 bridgehead atoms. The Morgan fingerprint density at radius 3 is 2.86 bits per heavy atom. The van der Waals surface area contributed by atoms with Crippen LogP contribution in [0.25, 0.3) is 0 Å². The molecule has 0 saturated carbocycles. The van der Waals surface area contributed by atoms with Gasteiger partial charge in [-0.05, 0) is 41.4 Å². The second-order valence-electron chi connectivity index (χ2n) is 3.23. The Morgan fingerprint density at radius 2 is 2.29 bits per heavy atom. The maximum atomic E-state index is 13.3. The summed E-state index contributed by atoms with van der Waals surface area (Å²) >= 11 is 3.29. The van der Waals surface area contributed by atoms with E-state index in [-0.39, 0.29) is 5.82 Å². The van der Waals surface area contributed by atoms with E-state index in [0.29, 0.717) is 12.2 Å². The molecule has 0 aliphatic rings. The summed E-state index contributed by atoms with van der Waals surface area (Å²) in [4.78, 5) is 0. The third kappa shape index (κ3) is 3.14. The van der Waals surface area contributed by atoms with Crippen molar-refractivity contribution in [1.82, 2.24) is 0 Å². The molecule has 1 aromatic carbocycles. The number of hydrogen-bond donors (Lipinski definition) is 1. The van der Waals surface area contributed by atoms with E-state index in [1.165, 1.54) is 6.07 Å². The predicted octanol–water partition coefficient (Wildman–Crippen LogP) is 3.97. The fraction of sp³-hybridized carbons (Fsp3) is 0.273. The van der Waals surface area contributed by atoms with Crippen LogP contribution < -0.4 is 5.32 Å². The topological polar surface area (TPSA) is 12.0 Å². The van der Waals surface area contributed by atoms with Crippen molar-refractivity contribution < 1.29 is 4.39 Å². The minimum atomic E-state index is -0.235. The van der Waals surface area contributed by atoms with Crippen LogP contribution in [0.2, 0.25) is 0 Å². The van der Waals surface area contributed by atoms with Crippen LogP contribution in [-0.4, -0.2) is 6.54 Å². The van der Waals surface area contributed by atoms with Crippen molar-refractivity contribution in [2.45, 2.75) is 13.3 Å². The van der Waals surface area contributed by atoms with Gasteiger partial charge in [0.2, 0.25) is 0 Å². The SMILES string of the molecule is C=C(C)CCNc1c(F)cccc1Br. The Labute approximate surface area is 92.1 Å². The summed E-state index contributed by atoms with van der Waals surface area (Å²) in [6.07, 6.45) is 0.848. The van der Waals surface area contributed by atoms with Crippen molar-refractivity contribution >= 4 is 21.6 Å². The number of nitrogens with one attached hydrogen (secondary N) is 1. The van der Waals surface area contributed by atoms with Gasteiger partial charge in [-0.1, -0.05) is 11.6 Å². The van der Waals surface area contributed by atoms with Gasteiger partial charge >= 0.3 is 0 Å². The van der Waals surface area contributed by atoms with Crippen LogP contribution in [0.15, 0.2) is 34.8 Å². The zero-order valence-electron chi connectivity index (χ0n) is 8.11. The summed E-state index contributed by atoms with van der Waals surface area (Å²) < 4.78 is 14.0. The van der Waals surface area contributed by atoms with E-state index in [2.05, 4.69) is 27.8 Å². The molecule has 14 heavy (non-hydrogen) atoms. The molecule has 76 valence electrons. The van der Waals surface area contributed by atoms with E-state index in [4.69, 9.17) is 0 Å². The first-order valence-electron chi connectivity index (χ1n) is 4.43. The first kappa shape index (κ1) is 11.2. The lowest BCUT2D eigenvalue weighted by Gasteiger charge is -2.09. The van der Waals surface area contributed by atoms with Crippen LogP contribution in [-0.2, 0) is 0 Å². The first-order chi connectivity index (χ1) is 6.61. The van der Waals surface area contributed by atoms with Gasteiger partial charge in [-0.3, -0.25) is 0 Å². The summed E-state index contributed by atoms with van der Waals surface area (Å²) in [6, 6.07) is 4.92. The molecule has 1 aromatic rings. The molecule has 1 rings (SSSR count). The average molecular weight is 258 g/mol. The summed E-state index contributed by atoms with van der Waals surface area (Å²) in [5, 5.41) is 3.03. The average Bonchev–Trinajstić information content (AvgIpc) is 2.09. The van der Waals surface area contributed by atoms with Gasteiger partial charge in [0.25, 0.3) is 0 Å². The van der Waals surface area contributed by atoms with E-state index < -0.39 is 0 Å². The molecule has 0 aliphatic heterocycles. The van der Waals surface area contributed by atoms with Gasteiger partial charge in [0, 0.05) is 11.0 Å². The number of benzene rings is 1. The Balaban J connectivity index is 2.62. The van der Waals surface area contributed by atoms with Crippen molar-refractivity contribution in [3.05, 3.63) is 40.6 Å². The molecule has 0 fully saturated rings. The molecular weight excluding hydrogens is 245 g/mol. The normalized spacial score (nSPS) is 9.93. The maximum absolute atomic E-state index is 13.3. The Bertz CT molecular complexity index is 316. The minimum Gasteiger partial charge on any atom is -0.381 e. The summed E-state index contributed by atoms with van der Waals surface area (Å²) in [7, 11) is 0. The van der Waals surface area contributed by atoms with E-state index in [1.807, 2.05) is 13.0 Å². The van der Waals surface area contributed by atoms with E-state index in [1.54, 1.807) is 6.07 Å². The highest BCUT2D eigenvalue weighted by Crippen LogP contribution is 2.24. The smallest absolute Gasteiger partial charge is 0.147 e. The molecule has 3 heteroatoms. The standard InChI is InChI=1S/C11H13BrFN/c1-8(2)6-7-14-11-9(12)4-3-5-10(11)13/h3-5,14H,1,6-7H2,2H3. The molecule has 0 aliphatic carbocycles. The molecule has 0 radical (unpaired) electrons. The molecular formula is C11H13BrFN. The third-order valence-electron chi connectivity index (χ3n) is 1.82. The molecule has 0 aromatic heterocycles. The van der Waals surface area contributed by atoms with Crippen LogP contribution in [0.1, 0.15) is 13.3 Å². The van der Waals surface area contributed by atoms with Crippen LogP contribution in [0, 0.1) is 5.82 Å². The lowest BCUT2D eigenvalue weighted by molar-refractivity contribution is 0.629. The van der Waals surface area contributed by atoms with Gasteiger partial charge in [-0.25, -0.2) is 4.39 Å². The lowest BCUT2D eigenvalue weighted by atomic mass is 10.2. The van der Waals surface area contributed by atoms with Gasteiger partial charge in [0.15, 0.2) is 0 Å². The third-order valence-corrected chi connectivity index (χ3v) is 2.48. The zero-order valence-corrected chi connectivity index (χ0v) is 9.70. The van der Waals surface area contributed by atoms with Crippen molar-refractivity contribution in [1.29, 1.82) is 0 Å². The molecule has 0 heterocycles. The van der Waals surface area contributed by atoms with Crippen LogP contribution in [0.5, 0.6) is 0 Å².